The topological polar surface area (TPSA) is 61.6 Å². The van der Waals surface area contributed by atoms with Crippen LogP contribution in [0.15, 0.2) is 46.9 Å². The van der Waals surface area contributed by atoms with Crippen molar-refractivity contribution in [2.24, 2.45) is 0 Å². The van der Waals surface area contributed by atoms with Gasteiger partial charge < -0.3 is 15.2 Å². The summed E-state index contributed by atoms with van der Waals surface area (Å²) in [6.07, 6.45) is 0. The summed E-state index contributed by atoms with van der Waals surface area (Å²) in [4.78, 5) is 11.8. The van der Waals surface area contributed by atoms with E-state index in [2.05, 4.69) is 15.9 Å². The number of hydrogen-bond acceptors (Lipinski definition) is 4. The van der Waals surface area contributed by atoms with E-state index >= 15 is 0 Å². The lowest BCUT2D eigenvalue weighted by molar-refractivity contribution is 0.0450. The number of ether oxygens (including phenoxy) is 2. The molecule has 6 heteroatoms. The van der Waals surface area contributed by atoms with E-state index in [9.17, 15) is 4.79 Å². The van der Waals surface area contributed by atoms with E-state index in [-0.39, 0.29) is 13.2 Å². The van der Waals surface area contributed by atoms with E-state index in [1.807, 2.05) is 24.3 Å². The second kappa shape index (κ2) is 7.33. The number of nitrogen functional groups attached to an aromatic ring is 1. The van der Waals surface area contributed by atoms with Crippen molar-refractivity contribution >= 4 is 39.2 Å². The molecule has 110 valence electrons. The molecule has 2 aromatic carbocycles. The minimum atomic E-state index is -0.463. The molecular weight excluding hydrogens is 358 g/mol. The summed E-state index contributed by atoms with van der Waals surface area (Å²) in [6, 6.07) is 12.0. The van der Waals surface area contributed by atoms with Gasteiger partial charge in [0, 0.05) is 4.47 Å². The van der Waals surface area contributed by atoms with Crippen molar-refractivity contribution in [1.82, 2.24) is 0 Å². The summed E-state index contributed by atoms with van der Waals surface area (Å²) < 4.78 is 11.5. The van der Waals surface area contributed by atoms with Gasteiger partial charge >= 0.3 is 5.97 Å². The summed E-state index contributed by atoms with van der Waals surface area (Å²) in [6.45, 7) is 0.415. The molecule has 0 bridgehead atoms. The number of benzene rings is 2. The molecule has 2 aromatic rings. The van der Waals surface area contributed by atoms with Crippen LogP contribution < -0.4 is 10.5 Å². The molecule has 21 heavy (non-hydrogen) atoms. The Morgan fingerprint density at radius 2 is 2.00 bits per heavy atom. The second-order valence-electron chi connectivity index (χ2n) is 4.18. The smallest absolute Gasteiger partial charge is 0.338 e. The van der Waals surface area contributed by atoms with Crippen LogP contribution in [0.4, 0.5) is 5.69 Å². The fourth-order valence-electron chi connectivity index (χ4n) is 1.59. The maximum Gasteiger partial charge on any atom is 0.338 e. The second-order valence-corrected chi connectivity index (χ2v) is 5.50. The van der Waals surface area contributed by atoms with Gasteiger partial charge in [-0.25, -0.2) is 4.79 Å². The molecule has 2 N–H and O–H groups in total. The summed E-state index contributed by atoms with van der Waals surface area (Å²) >= 11 is 9.20. The lowest BCUT2D eigenvalue weighted by atomic mass is 10.2. The average molecular weight is 371 g/mol. The Labute approximate surface area is 135 Å². The summed E-state index contributed by atoms with van der Waals surface area (Å²) in [7, 11) is 0. The van der Waals surface area contributed by atoms with Crippen molar-refractivity contribution in [3.8, 4) is 5.75 Å². The van der Waals surface area contributed by atoms with E-state index in [4.69, 9.17) is 26.8 Å². The van der Waals surface area contributed by atoms with Gasteiger partial charge in [0.2, 0.25) is 0 Å². The summed E-state index contributed by atoms with van der Waals surface area (Å²) in [5.74, 6) is 0.241. The van der Waals surface area contributed by atoms with Crippen molar-refractivity contribution < 1.29 is 14.3 Å². The Hall–Kier alpha value is -1.72. The molecule has 0 aromatic heterocycles. The molecule has 0 aliphatic rings. The van der Waals surface area contributed by atoms with Crippen molar-refractivity contribution in [2.45, 2.75) is 0 Å². The molecule has 0 saturated heterocycles. The van der Waals surface area contributed by atoms with Crippen molar-refractivity contribution in [2.75, 3.05) is 18.9 Å². The zero-order chi connectivity index (χ0) is 15.2. The molecule has 0 saturated carbocycles. The van der Waals surface area contributed by atoms with Crippen LogP contribution in [-0.2, 0) is 4.74 Å². The Bertz CT molecular complexity index is 649. The van der Waals surface area contributed by atoms with E-state index in [0.717, 1.165) is 4.47 Å². The zero-order valence-corrected chi connectivity index (χ0v) is 13.4. The van der Waals surface area contributed by atoms with Crippen molar-refractivity contribution in [1.29, 1.82) is 0 Å². The zero-order valence-electron chi connectivity index (χ0n) is 11.0. The molecule has 0 aliphatic carbocycles. The largest absolute Gasteiger partial charge is 0.490 e. The van der Waals surface area contributed by atoms with Crippen LogP contribution in [0.1, 0.15) is 10.4 Å². The molecule has 0 atom stereocenters. The molecule has 2 rings (SSSR count). The number of carbonyl (C=O) groups excluding carboxylic acids is 1. The predicted molar refractivity (Wildman–Crippen MR) is 85.8 cm³/mol. The Balaban J connectivity index is 1.80. The van der Waals surface area contributed by atoms with Crippen LogP contribution in [0.3, 0.4) is 0 Å². The number of halogens is 2. The van der Waals surface area contributed by atoms with Crippen molar-refractivity contribution in [3.05, 3.63) is 57.5 Å². The molecule has 0 radical (unpaired) electrons. The fraction of sp³-hybridized carbons (Fsp3) is 0.133. The monoisotopic (exact) mass is 369 g/mol. The first-order valence-electron chi connectivity index (χ1n) is 6.17. The van der Waals surface area contributed by atoms with Crippen LogP contribution >= 0.6 is 27.5 Å². The highest BCUT2D eigenvalue weighted by molar-refractivity contribution is 9.10. The molecular formula is C15H13BrClNO3. The van der Waals surface area contributed by atoms with Gasteiger partial charge in [0.1, 0.15) is 19.0 Å². The lowest BCUT2D eigenvalue weighted by Gasteiger charge is -2.08. The highest BCUT2D eigenvalue weighted by atomic mass is 79.9. The van der Waals surface area contributed by atoms with Gasteiger partial charge in [-0.05, 0) is 36.4 Å². The normalized spacial score (nSPS) is 10.2. The minimum Gasteiger partial charge on any atom is -0.490 e. The molecule has 4 nitrogen and oxygen atoms in total. The number of rotatable bonds is 5. The number of esters is 1. The van der Waals surface area contributed by atoms with Crippen LogP contribution in [-0.4, -0.2) is 19.2 Å². The quantitative estimate of drug-likeness (QED) is 0.492. The van der Waals surface area contributed by atoms with Gasteiger partial charge in [-0.3, -0.25) is 0 Å². The number of nitrogens with two attached hydrogens (primary N) is 1. The molecule has 0 amide bonds. The third kappa shape index (κ3) is 4.65. The SMILES string of the molecule is Nc1ccc(C(=O)OCCOc2cccc(Br)c2)cc1Cl. The Morgan fingerprint density at radius 3 is 2.71 bits per heavy atom. The van der Waals surface area contributed by atoms with Crippen LogP contribution in [0.5, 0.6) is 5.75 Å². The van der Waals surface area contributed by atoms with Gasteiger partial charge in [-0.15, -0.1) is 0 Å². The van der Waals surface area contributed by atoms with Gasteiger partial charge in [0.15, 0.2) is 0 Å². The third-order valence-corrected chi connectivity index (χ3v) is 3.44. The first-order valence-corrected chi connectivity index (χ1v) is 7.34. The Morgan fingerprint density at radius 1 is 1.19 bits per heavy atom. The minimum absolute atomic E-state index is 0.146. The molecule has 0 spiro atoms. The van der Waals surface area contributed by atoms with Crippen molar-refractivity contribution in [3.63, 3.8) is 0 Å². The van der Waals surface area contributed by atoms with E-state index in [0.29, 0.717) is 22.0 Å². The van der Waals surface area contributed by atoms with Gasteiger partial charge in [0.05, 0.1) is 16.3 Å². The predicted octanol–water partition coefficient (Wildman–Crippen LogP) is 3.92. The van der Waals surface area contributed by atoms with Crippen LogP contribution in [0, 0.1) is 0 Å². The first kappa shape index (κ1) is 15.7. The molecule has 0 fully saturated rings. The van der Waals surface area contributed by atoms with E-state index < -0.39 is 5.97 Å². The number of carbonyl (C=O) groups is 1. The van der Waals surface area contributed by atoms with Crippen LogP contribution in [0.2, 0.25) is 5.02 Å². The van der Waals surface area contributed by atoms with Crippen LogP contribution in [0.25, 0.3) is 0 Å². The highest BCUT2D eigenvalue weighted by Gasteiger charge is 2.09. The fourth-order valence-corrected chi connectivity index (χ4v) is 2.15. The molecule has 0 unspecified atom stereocenters. The first-order chi connectivity index (χ1) is 10.1. The Kier molecular flexibility index (Phi) is 5.47. The summed E-state index contributed by atoms with van der Waals surface area (Å²) in [5, 5.41) is 0.329. The highest BCUT2D eigenvalue weighted by Crippen LogP contribution is 2.20. The maximum atomic E-state index is 11.8. The van der Waals surface area contributed by atoms with Gasteiger partial charge in [-0.1, -0.05) is 33.6 Å². The van der Waals surface area contributed by atoms with E-state index in [1.165, 1.54) is 6.07 Å². The van der Waals surface area contributed by atoms with Gasteiger partial charge in [-0.2, -0.15) is 0 Å². The number of hydrogen-bond donors (Lipinski definition) is 1. The average Bonchev–Trinajstić information content (AvgIpc) is 2.46. The maximum absolute atomic E-state index is 11.8. The van der Waals surface area contributed by atoms with Gasteiger partial charge in [0.25, 0.3) is 0 Å². The number of anilines is 1. The standard InChI is InChI=1S/C15H13BrClNO3/c16-11-2-1-3-12(9-11)20-6-7-21-15(19)10-4-5-14(18)13(17)8-10/h1-5,8-9H,6-7,18H2. The molecule has 0 heterocycles. The molecule has 0 aliphatic heterocycles. The summed E-state index contributed by atoms with van der Waals surface area (Å²) in [5.41, 5.74) is 6.36. The lowest BCUT2D eigenvalue weighted by Crippen LogP contribution is -2.12. The third-order valence-electron chi connectivity index (χ3n) is 2.62. The van der Waals surface area contributed by atoms with E-state index in [1.54, 1.807) is 12.1 Å².